The van der Waals surface area contributed by atoms with Crippen LogP contribution in [-0.2, 0) is 0 Å². The Bertz CT molecular complexity index is 1030. The Balaban J connectivity index is 1.72. The number of H-pyrrole nitrogens is 1. The minimum atomic E-state index is 0.474. The summed E-state index contributed by atoms with van der Waals surface area (Å²) in [6.07, 6.45) is 3.17. The van der Waals surface area contributed by atoms with Gasteiger partial charge >= 0.3 is 0 Å². The molecule has 0 spiro atoms. The van der Waals surface area contributed by atoms with Gasteiger partial charge in [-0.25, -0.2) is 9.97 Å². The van der Waals surface area contributed by atoms with Crippen LogP contribution in [0.3, 0.4) is 0 Å². The molecule has 24 heavy (non-hydrogen) atoms. The molecule has 5 heteroatoms. The van der Waals surface area contributed by atoms with E-state index in [1.165, 1.54) is 6.33 Å². The van der Waals surface area contributed by atoms with Crippen molar-refractivity contribution in [3.05, 3.63) is 72.8 Å². The van der Waals surface area contributed by atoms with Gasteiger partial charge in [0.25, 0.3) is 0 Å². The van der Waals surface area contributed by atoms with E-state index in [-0.39, 0.29) is 0 Å². The molecular formula is C19H12N4O. The van der Waals surface area contributed by atoms with Gasteiger partial charge < -0.3 is 9.72 Å². The maximum Gasteiger partial charge on any atom is 0.142 e. The molecule has 4 aromatic rings. The Labute approximate surface area is 138 Å². The number of hydrogen-bond acceptors (Lipinski definition) is 4. The largest absolute Gasteiger partial charge is 0.457 e. The van der Waals surface area contributed by atoms with Crippen molar-refractivity contribution in [2.45, 2.75) is 0 Å². The Morgan fingerprint density at radius 3 is 2.46 bits per heavy atom. The summed E-state index contributed by atoms with van der Waals surface area (Å²) < 4.78 is 5.80. The van der Waals surface area contributed by atoms with Crippen LogP contribution in [0.15, 0.2) is 67.1 Å². The molecule has 0 saturated carbocycles. The van der Waals surface area contributed by atoms with E-state index < -0.39 is 0 Å². The van der Waals surface area contributed by atoms with Crippen molar-refractivity contribution in [2.24, 2.45) is 0 Å². The highest BCUT2D eigenvalue weighted by molar-refractivity contribution is 5.96. The summed E-state index contributed by atoms with van der Waals surface area (Å²) in [5.41, 5.74) is 2.84. The van der Waals surface area contributed by atoms with Gasteiger partial charge in [0.05, 0.1) is 0 Å². The van der Waals surface area contributed by atoms with E-state index in [0.29, 0.717) is 11.3 Å². The Kier molecular flexibility index (Phi) is 3.41. The first-order chi connectivity index (χ1) is 11.8. The Hall–Kier alpha value is -3.65. The lowest BCUT2D eigenvalue weighted by Crippen LogP contribution is -1.85. The average Bonchev–Trinajstić information content (AvgIpc) is 3.02. The van der Waals surface area contributed by atoms with Gasteiger partial charge in [0, 0.05) is 17.1 Å². The van der Waals surface area contributed by atoms with Gasteiger partial charge in [0.15, 0.2) is 0 Å². The minimum Gasteiger partial charge on any atom is -0.457 e. The van der Waals surface area contributed by atoms with Crippen LogP contribution in [0.2, 0.25) is 0 Å². The summed E-state index contributed by atoms with van der Waals surface area (Å²) in [7, 11) is 0. The number of hydrogen-bond donors (Lipinski definition) is 1. The number of nitrogens with one attached hydrogen (secondary N) is 1. The standard InChI is InChI=1S/C19H12N4O/c20-10-17-18(16-11-21-12-22-19(16)23-17)13-6-8-15(9-7-13)24-14-4-2-1-3-5-14/h1-9,11-12H,(H,21,22,23). The normalized spacial score (nSPS) is 10.5. The number of para-hydroxylation sites is 1. The Morgan fingerprint density at radius 2 is 1.71 bits per heavy atom. The number of benzene rings is 2. The maximum atomic E-state index is 9.38. The Morgan fingerprint density at radius 1 is 0.958 bits per heavy atom. The second kappa shape index (κ2) is 5.86. The first-order valence-electron chi connectivity index (χ1n) is 7.40. The number of fused-ring (bicyclic) bond motifs is 1. The van der Waals surface area contributed by atoms with Crippen molar-refractivity contribution in [3.63, 3.8) is 0 Å². The van der Waals surface area contributed by atoms with Crippen molar-refractivity contribution < 1.29 is 4.74 Å². The van der Waals surface area contributed by atoms with Gasteiger partial charge in [-0.1, -0.05) is 30.3 Å². The molecule has 0 amide bonds. The third-order valence-corrected chi connectivity index (χ3v) is 3.71. The zero-order valence-corrected chi connectivity index (χ0v) is 12.6. The molecule has 0 aliphatic rings. The molecule has 0 fully saturated rings. The first kappa shape index (κ1) is 14.0. The highest BCUT2D eigenvalue weighted by atomic mass is 16.5. The molecule has 114 valence electrons. The zero-order chi connectivity index (χ0) is 16.4. The van der Waals surface area contributed by atoms with E-state index in [2.05, 4.69) is 21.0 Å². The van der Waals surface area contributed by atoms with Gasteiger partial charge in [0.2, 0.25) is 0 Å². The average molecular weight is 312 g/mol. The molecule has 0 aliphatic heterocycles. The lowest BCUT2D eigenvalue weighted by atomic mass is 10.0. The number of aromatic amines is 1. The van der Waals surface area contributed by atoms with Crippen LogP contribution in [0.25, 0.3) is 22.2 Å². The van der Waals surface area contributed by atoms with E-state index in [9.17, 15) is 5.26 Å². The van der Waals surface area contributed by atoms with E-state index in [4.69, 9.17) is 4.74 Å². The van der Waals surface area contributed by atoms with Gasteiger partial charge in [-0.05, 0) is 29.8 Å². The highest BCUT2D eigenvalue weighted by Gasteiger charge is 2.14. The molecule has 2 aromatic carbocycles. The van der Waals surface area contributed by atoms with Gasteiger partial charge in [0.1, 0.15) is 35.2 Å². The lowest BCUT2D eigenvalue weighted by Gasteiger charge is -2.06. The molecule has 2 aromatic heterocycles. The maximum absolute atomic E-state index is 9.38. The quantitative estimate of drug-likeness (QED) is 0.612. The van der Waals surface area contributed by atoms with Crippen LogP contribution in [0, 0.1) is 11.3 Å². The summed E-state index contributed by atoms with van der Waals surface area (Å²) in [6, 6.07) is 19.4. The predicted molar refractivity (Wildman–Crippen MR) is 90.6 cm³/mol. The van der Waals surface area contributed by atoms with Crippen LogP contribution < -0.4 is 4.74 Å². The molecule has 5 nitrogen and oxygen atoms in total. The van der Waals surface area contributed by atoms with Crippen LogP contribution in [-0.4, -0.2) is 15.0 Å². The number of ether oxygens (including phenoxy) is 1. The van der Waals surface area contributed by atoms with Crippen molar-refractivity contribution in [2.75, 3.05) is 0 Å². The SMILES string of the molecule is N#Cc1[nH]c2ncncc2c1-c1ccc(Oc2ccccc2)cc1. The third kappa shape index (κ3) is 2.46. The number of nitriles is 1. The van der Waals surface area contributed by atoms with Gasteiger partial charge in [-0.2, -0.15) is 5.26 Å². The third-order valence-electron chi connectivity index (χ3n) is 3.71. The molecule has 0 aliphatic carbocycles. The fourth-order valence-electron chi connectivity index (χ4n) is 2.63. The second-order valence-corrected chi connectivity index (χ2v) is 5.21. The molecular weight excluding hydrogens is 300 g/mol. The smallest absolute Gasteiger partial charge is 0.142 e. The molecule has 4 rings (SSSR count). The number of nitrogens with zero attached hydrogens (tertiary/aromatic N) is 3. The molecule has 1 N–H and O–H groups in total. The van der Waals surface area contributed by atoms with E-state index in [1.807, 2.05) is 54.6 Å². The van der Waals surface area contributed by atoms with E-state index >= 15 is 0 Å². The summed E-state index contributed by atoms with van der Waals surface area (Å²) in [5.74, 6) is 1.52. The topological polar surface area (TPSA) is 74.6 Å². The summed E-state index contributed by atoms with van der Waals surface area (Å²) >= 11 is 0. The fourth-order valence-corrected chi connectivity index (χ4v) is 2.63. The zero-order valence-electron chi connectivity index (χ0n) is 12.6. The van der Waals surface area contributed by atoms with Gasteiger partial charge in [-0.15, -0.1) is 0 Å². The van der Waals surface area contributed by atoms with E-state index in [0.717, 1.165) is 28.0 Å². The molecule has 0 radical (unpaired) electrons. The fraction of sp³-hybridized carbons (Fsp3) is 0. The molecule has 0 bridgehead atoms. The lowest BCUT2D eigenvalue weighted by molar-refractivity contribution is 0.483. The highest BCUT2D eigenvalue weighted by Crippen LogP contribution is 2.32. The second-order valence-electron chi connectivity index (χ2n) is 5.21. The van der Waals surface area contributed by atoms with Gasteiger partial charge in [-0.3, -0.25) is 0 Å². The van der Waals surface area contributed by atoms with Crippen LogP contribution in [0.4, 0.5) is 0 Å². The van der Waals surface area contributed by atoms with E-state index in [1.54, 1.807) is 6.20 Å². The summed E-state index contributed by atoms with van der Waals surface area (Å²) in [5, 5.41) is 10.2. The monoisotopic (exact) mass is 312 g/mol. The van der Waals surface area contributed by atoms with Crippen LogP contribution >= 0.6 is 0 Å². The summed E-state index contributed by atoms with van der Waals surface area (Å²) in [6.45, 7) is 0. The molecule has 0 unspecified atom stereocenters. The first-order valence-corrected chi connectivity index (χ1v) is 7.40. The van der Waals surface area contributed by atoms with Crippen molar-refractivity contribution >= 4 is 11.0 Å². The minimum absolute atomic E-state index is 0.474. The van der Waals surface area contributed by atoms with Crippen molar-refractivity contribution in [1.29, 1.82) is 5.26 Å². The summed E-state index contributed by atoms with van der Waals surface area (Å²) in [4.78, 5) is 11.2. The van der Waals surface area contributed by atoms with Crippen molar-refractivity contribution in [3.8, 4) is 28.7 Å². The van der Waals surface area contributed by atoms with Crippen molar-refractivity contribution in [1.82, 2.24) is 15.0 Å². The molecule has 0 saturated heterocycles. The van der Waals surface area contributed by atoms with Crippen LogP contribution in [0.1, 0.15) is 5.69 Å². The molecule has 2 heterocycles. The predicted octanol–water partition coefficient (Wildman–Crippen LogP) is 4.29. The van der Waals surface area contributed by atoms with Crippen LogP contribution in [0.5, 0.6) is 11.5 Å². The number of aromatic nitrogens is 3. The number of rotatable bonds is 3. The molecule has 0 atom stereocenters.